The molecule has 1 N–H and O–H groups in total. The molecule has 19 heavy (non-hydrogen) atoms. The molecule has 0 spiro atoms. The number of carbonyl (C=O) groups is 1. The summed E-state index contributed by atoms with van der Waals surface area (Å²) < 4.78 is 11.0. The number of ether oxygens (including phenoxy) is 2. The molecule has 0 saturated heterocycles. The Bertz CT molecular complexity index is 483. The molecule has 7 heteroatoms. The summed E-state index contributed by atoms with van der Waals surface area (Å²) in [5, 5.41) is 8.83. The molecule has 106 valence electrons. The smallest absolute Gasteiger partial charge is 0.351 e. The van der Waals surface area contributed by atoms with Crippen LogP contribution >= 0.6 is 0 Å². The molecule has 0 aliphatic carbocycles. The lowest BCUT2D eigenvalue weighted by atomic mass is 10.2. The summed E-state index contributed by atoms with van der Waals surface area (Å²) in [5.74, 6) is -0.275. The molecule has 1 aromatic heterocycles. The van der Waals surface area contributed by atoms with E-state index in [0.717, 1.165) is 0 Å². The zero-order valence-corrected chi connectivity index (χ0v) is 11.1. The van der Waals surface area contributed by atoms with E-state index >= 15 is 0 Å². The Labute approximate surface area is 110 Å². The fourth-order valence-corrected chi connectivity index (χ4v) is 1.60. The number of hydrogen-bond acceptors (Lipinski definition) is 6. The van der Waals surface area contributed by atoms with Crippen molar-refractivity contribution in [3.63, 3.8) is 0 Å². The lowest BCUT2D eigenvalue weighted by molar-refractivity contribution is -0.143. The predicted molar refractivity (Wildman–Crippen MR) is 67.1 cm³/mol. The molecule has 0 bridgehead atoms. The normalized spacial score (nSPS) is 10.3. The maximum Gasteiger partial charge on any atom is 0.351 e. The number of nitrogens with zero attached hydrogens (tertiary/aromatic N) is 2. The molecule has 7 nitrogen and oxygen atoms in total. The highest BCUT2D eigenvalue weighted by Crippen LogP contribution is 2.13. The molecule has 0 amide bonds. The largest absolute Gasteiger partial charge is 0.481 e. The SMILES string of the molecule is CCOC(=O)Cn1cc(CCCO)c(OC)nc1=O. The molecule has 0 atom stereocenters. The highest BCUT2D eigenvalue weighted by molar-refractivity contribution is 5.69. The minimum absolute atomic E-state index is 0.0279. The Balaban J connectivity index is 2.98. The van der Waals surface area contributed by atoms with Crippen molar-refractivity contribution in [3.05, 3.63) is 22.2 Å². The molecule has 0 saturated carbocycles. The number of aliphatic hydroxyl groups excluding tert-OH is 1. The topological polar surface area (TPSA) is 90.7 Å². The summed E-state index contributed by atoms with van der Waals surface area (Å²) in [4.78, 5) is 26.8. The first-order chi connectivity index (χ1) is 9.12. The van der Waals surface area contributed by atoms with Gasteiger partial charge in [-0.1, -0.05) is 0 Å². The van der Waals surface area contributed by atoms with Crippen LogP contribution in [0.3, 0.4) is 0 Å². The van der Waals surface area contributed by atoms with Gasteiger partial charge in [0.2, 0.25) is 5.88 Å². The van der Waals surface area contributed by atoms with Gasteiger partial charge in [0, 0.05) is 18.4 Å². The number of aromatic nitrogens is 2. The zero-order chi connectivity index (χ0) is 14.3. The molecule has 1 aromatic rings. The molecule has 0 radical (unpaired) electrons. The van der Waals surface area contributed by atoms with E-state index in [1.165, 1.54) is 17.9 Å². The van der Waals surface area contributed by atoms with E-state index in [1.807, 2.05) is 0 Å². The van der Waals surface area contributed by atoms with Gasteiger partial charge in [0.15, 0.2) is 0 Å². The Hall–Kier alpha value is -1.89. The second-order valence-electron chi connectivity index (χ2n) is 3.82. The van der Waals surface area contributed by atoms with E-state index in [0.29, 0.717) is 18.4 Å². The minimum atomic E-state index is -0.572. The van der Waals surface area contributed by atoms with E-state index in [2.05, 4.69) is 4.98 Å². The van der Waals surface area contributed by atoms with E-state index in [-0.39, 0.29) is 25.6 Å². The fraction of sp³-hybridized carbons (Fsp3) is 0.583. The Kier molecular flexibility index (Phi) is 6.01. The van der Waals surface area contributed by atoms with Crippen LogP contribution in [0, 0.1) is 0 Å². The third-order valence-electron chi connectivity index (χ3n) is 2.43. The quantitative estimate of drug-likeness (QED) is 0.686. The van der Waals surface area contributed by atoms with Gasteiger partial charge < -0.3 is 14.6 Å². The summed E-state index contributed by atoms with van der Waals surface area (Å²) >= 11 is 0. The van der Waals surface area contributed by atoms with Gasteiger partial charge in [0.05, 0.1) is 13.7 Å². The first kappa shape index (κ1) is 15.2. The molecule has 0 aromatic carbocycles. The van der Waals surface area contributed by atoms with Gasteiger partial charge in [0.1, 0.15) is 6.54 Å². The first-order valence-corrected chi connectivity index (χ1v) is 6.03. The maximum atomic E-state index is 11.7. The van der Waals surface area contributed by atoms with Crippen molar-refractivity contribution in [1.29, 1.82) is 0 Å². The number of esters is 1. The summed E-state index contributed by atoms with van der Waals surface area (Å²) in [7, 11) is 1.42. The second kappa shape index (κ2) is 7.52. The van der Waals surface area contributed by atoms with Crippen molar-refractivity contribution in [2.75, 3.05) is 20.3 Å². The van der Waals surface area contributed by atoms with Gasteiger partial charge >= 0.3 is 11.7 Å². The Morgan fingerprint density at radius 2 is 2.26 bits per heavy atom. The number of aryl methyl sites for hydroxylation is 1. The summed E-state index contributed by atoms with van der Waals surface area (Å²) in [6.45, 7) is 1.80. The van der Waals surface area contributed by atoms with Crippen LogP contribution in [0.25, 0.3) is 0 Å². The van der Waals surface area contributed by atoms with E-state index in [9.17, 15) is 9.59 Å². The van der Waals surface area contributed by atoms with Crippen molar-refractivity contribution >= 4 is 5.97 Å². The van der Waals surface area contributed by atoms with Crippen LogP contribution in [0.4, 0.5) is 0 Å². The molecular formula is C12H18N2O5. The van der Waals surface area contributed by atoms with Crippen LogP contribution in [-0.4, -0.2) is 41.0 Å². The Morgan fingerprint density at radius 1 is 1.53 bits per heavy atom. The third-order valence-corrected chi connectivity index (χ3v) is 2.43. The van der Waals surface area contributed by atoms with Gasteiger partial charge in [-0.25, -0.2) is 4.79 Å². The van der Waals surface area contributed by atoms with Crippen molar-refractivity contribution in [2.24, 2.45) is 0 Å². The molecule has 0 aliphatic heterocycles. The average Bonchev–Trinajstić information content (AvgIpc) is 2.39. The molecule has 1 rings (SSSR count). The van der Waals surface area contributed by atoms with E-state index in [1.54, 1.807) is 6.92 Å². The van der Waals surface area contributed by atoms with Crippen LogP contribution in [0.15, 0.2) is 11.0 Å². The van der Waals surface area contributed by atoms with Crippen molar-refractivity contribution < 1.29 is 19.4 Å². The minimum Gasteiger partial charge on any atom is -0.481 e. The van der Waals surface area contributed by atoms with E-state index in [4.69, 9.17) is 14.6 Å². The number of aliphatic hydroxyl groups is 1. The maximum absolute atomic E-state index is 11.7. The second-order valence-corrected chi connectivity index (χ2v) is 3.82. The lowest BCUT2D eigenvalue weighted by Crippen LogP contribution is -2.28. The first-order valence-electron chi connectivity index (χ1n) is 6.03. The highest BCUT2D eigenvalue weighted by atomic mass is 16.5. The number of methoxy groups -OCH3 is 1. The van der Waals surface area contributed by atoms with Crippen molar-refractivity contribution in [2.45, 2.75) is 26.3 Å². The monoisotopic (exact) mass is 270 g/mol. The fourth-order valence-electron chi connectivity index (χ4n) is 1.60. The highest BCUT2D eigenvalue weighted by Gasteiger charge is 2.11. The van der Waals surface area contributed by atoms with Crippen molar-refractivity contribution in [1.82, 2.24) is 9.55 Å². The van der Waals surface area contributed by atoms with Gasteiger partial charge in [0.25, 0.3) is 0 Å². The number of carbonyl (C=O) groups excluding carboxylic acids is 1. The van der Waals surface area contributed by atoms with Crippen LogP contribution < -0.4 is 10.4 Å². The standard InChI is InChI=1S/C12H18N2O5/c1-3-19-10(16)8-14-7-9(5-4-6-15)11(18-2)13-12(14)17/h7,15H,3-6,8H2,1-2H3. The lowest BCUT2D eigenvalue weighted by Gasteiger charge is -2.10. The summed E-state index contributed by atoms with van der Waals surface area (Å²) in [5.41, 5.74) is 0.0955. The molecular weight excluding hydrogens is 252 g/mol. The van der Waals surface area contributed by atoms with Gasteiger partial charge in [-0.15, -0.1) is 0 Å². The molecule has 0 aliphatic rings. The zero-order valence-electron chi connectivity index (χ0n) is 11.1. The van der Waals surface area contributed by atoms with Crippen LogP contribution in [-0.2, 0) is 22.5 Å². The van der Waals surface area contributed by atoms with Gasteiger partial charge in [-0.2, -0.15) is 4.98 Å². The molecule has 0 unspecified atom stereocenters. The summed E-state index contributed by atoms with van der Waals surface area (Å²) in [6, 6.07) is 0. The summed E-state index contributed by atoms with van der Waals surface area (Å²) in [6.07, 6.45) is 2.55. The number of hydrogen-bond donors (Lipinski definition) is 1. The van der Waals surface area contributed by atoms with Crippen LogP contribution in [0.1, 0.15) is 18.9 Å². The average molecular weight is 270 g/mol. The van der Waals surface area contributed by atoms with Crippen LogP contribution in [0.5, 0.6) is 5.88 Å². The van der Waals surface area contributed by atoms with E-state index < -0.39 is 11.7 Å². The van der Waals surface area contributed by atoms with Gasteiger partial charge in [-0.05, 0) is 19.8 Å². The number of rotatable bonds is 7. The Morgan fingerprint density at radius 3 is 2.84 bits per heavy atom. The van der Waals surface area contributed by atoms with Crippen LogP contribution in [0.2, 0.25) is 0 Å². The molecule has 1 heterocycles. The predicted octanol–water partition coefficient (Wildman–Crippen LogP) is -0.260. The van der Waals surface area contributed by atoms with Gasteiger partial charge in [-0.3, -0.25) is 9.36 Å². The molecule has 0 fully saturated rings. The third kappa shape index (κ3) is 4.36. The van der Waals surface area contributed by atoms with Crippen molar-refractivity contribution in [3.8, 4) is 5.88 Å².